The van der Waals surface area contributed by atoms with Gasteiger partial charge in [0.2, 0.25) is 5.91 Å². The van der Waals surface area contributed by atoms with Crippen LogP contribution in [-0.2, 0) is 11.3 Å². The minimum absolute atomic E-state index is 0.0188. The minimum Gasteiger partial charge on any atom is -0.477 e. The highest BCUT2D eigenvalue weighted by Gasteiger charge is 2.13. The highest BCUT2D eigenvalue weighted by Crippen LogP contribution is 2.00. The van der Waals surface area contributed by atoms with Gasteiger partial charge in [-0.1, -0.05) is 6.07 Å². The Balaban J connectivity index is 2.48. The molecule has 0 radical (unpaired) electrons. The number of pyridine rings is 1. The molecule has 0 spiro atoms. The van der Waals surface area contributed by atoms with E-state index in [1.165, 1.54) is 29.1 Å². The van der Waals surface area contributed by atoms with Gasteiger partial charge in [-0.2, -0.15) is 0 Å². The van der Waals surface area contributed by atoms with Crippen LogP contribution in [0.1, 0.15) is 16.1 Å². The standard InChI is InChI=1S/C13H18N4O4/c1-16(2)11(18)8-17(3)13(21)15-7-9-4-5-10(12(19)20)14-6-9/h4-6H,7-8H2,1-3H3,(H,15,21)(H,19,20). The fourth-order valence-corrected chi connectivity index (χ4v) is 1.38. The van der Waals surface area contributed by atoms with E-state index in [4.69, 9.17) is 5.11 Å². The quantitative estimate of drug-likeness (QED) is 0.796. The van der Waals surface area contributed by atoms with Crippen LogP contribution in [0.2, 0.25) is 0 Å². The summed E-state index contributed by atoms with van der Waals surface area (Å²) in [5.74, 6) is -1.28. The molecule has 1 aromatic heterocycles. The first-order valence-corrected chi connectivity index (χ1v) is 6.18. The van der Waals surface area contributed by atoms with Gasteiger partial charge in [0.15, 0.2) is 0 Å². The van der Waals surface area contributed by atoms with Gasteiger partial charge in [-0.3, -0.25) is 4.79 Å². The van der Waals surface area contributed by atoms with Gasteiger partial charge in [0.1, 0.15) is 12.2 Å². The third kappa shape index (κ3) is 5.09. The smallest absolute Gasteiger partial charge is 0.354 e. The molecule has 8 heteroatoms. The van der Waals surface area contributed by atoms with Crippen LogP contribution in [0.3, 0.4) is 0 Å². The van der Waals surface area contributed by atoms with Crippen LogP contribution < -0.4 is 5.32 Å². The van der Waals surface area contributed by atoms with Crippen molar-refractivity contribution in [2.45, 2.75) is 6.54 Å². The first kappa shape index (κ1) is 16.4. The summed E-state index contributed by atoms with van der Waals surface area (Å²) >= 11 is 0. The number of hydrogen-bond donors (Lipinski definition) is 2. The maximum atomic E-state index is 11.8. The minimum atomic E-state index is -1.10. The largest absolute Gasteiger partial charge is 0.477 e. The first-order valence-electron chi connectivity index (χ1n) is 6.18. The Hall–Kier alpha value is -2.64. The fraction of sp³-hybridized carbons (Fsp3) is 0.385. The van der Waals surface area contributed by atoms with Crippen molar-refractivity contribution in [3.8, 4) is 0 Å². The number of aromatic carboxylic acids is 1. The number of nitrogens with one attached hydrogen (secondary N) is 1. The van der Waals surface area contributed by atoms with Gasteiger partial charge in [-0.25, -0.2) is 14.6 Å². The third-order valence-corrected chi connectivity index (χ3v) is 2.71. The fourth-order valence-electron chi connectivity index (χ4n) is 1.38. The predicted octanol–water partition coefficient (Wildman–Crippen LogP) is 0.00940. The number of aromatic nitrogens is 1. The second-order valence-corrected chi connectivity index (χ2v) is 4.66. The van der Waals surface area contributed by atoms with E-state index in [0.717, 1.165) is 0 Å². The van der Waals surface area contributed by atoms with Crippen LogP contribution in [0.15, 0.2) is 18.3 Å². The number of hydrogen-bond acceptors (Lipinski definition) is 4. The monoisotopic (exact) mass is 294 g/mol. The van der Waals surface area contributed by atoms with Crippen molar-refractivity contribution < 1.29 is 19.5 Å². The molecule has 8 nitrogen and oxygen atoms in total. The van der Waals surface area contributed by atoms with Gasteiger partial charge in [0.05, 0.1) is 0 Å². The van der Waals surface area contributed by atoms with Crippen molar-refractivity contribution in [1.29, 1.82) is 0 Å². The highest BCUT2D eigenvalue weighted by molar-refractivity contribution is 5.85. The zero-order chi connectivity index (χ0) is 16.0. The topological polar surface area (TPSA) is 103 Å². The molecule has 114 valence electrons. The van der Waals surface area contributed by atoms with E-state index in [9.17, 15) is 14.4 Å². The molecule has 1 rings (SSSR count). The summed E-state index contributed by atoms with van der Waals surface area (Å²) < 4.78 is 0. The van der Waals surface area contributed by atoms with E-state index in [0.29, 0.717) is 5.56 Å². The molecule has 0 saturated heterocycles. The second kappa shape index (κ2) is 7.22. The average Bonchev–Trinajstić information content (AvgIpc) is 2.44. The van der Waals surface area contributed by atoms with Gasteiger partial charge in [-0.15, -0.1) is 0 Å². The van der Waals surface area contributed by atoms with Crippen molar-refractivity contribution in [1.82, 2.24) is 20.1 Å². The van der Waals surface area contributed by atoms with Gasteiger partial charge in [0, 0.05) is 33.9 Å². The second-order valence-electron chi connectivity index (χ2n) is 4.66. The third-order valence-electron chi connectivity index (χ3n) is 2.71. The molecular weight excluding hydrogens is 276 g/mol. The number of carbonyl (C=O) groups excluding carboxylic acids is 2. The van der Waals surface area contributed by atoms with Crippen molar-refractivity contribution in [3.05, 3.63) is 29.6 Å². The molecule has 0 atom stereocenters. The van der Waals surface area contributed by atoms with E-state index in [2.05, 4.69) is 10.3 Å². The molecule has 0 saturated carbocycles. The van der Waals surface area contributed by atoms with E-state index in [1.807, 2.05) is 0 Å². The summed E-state index contributed by atoms with van der Waals surface area (Å²) in [6.07, 6.45) is 1.38. The number of carboxylic acid groups (broad SMARTS) is 1. The van der Waals surface area contributed by atoms with Crippen molar-refractivity contribution >= 4 is 17.9 Å². The number of amides is 3. The number of rotatable bonds is 5. The molecule has 21 heavy (non-hydrogen) atoms. The molecular formula is C13H18N4O4. The van der Waals surface area contributed by atoms with Crippen molar-refractivity contribution in [2.24, 2.45) is 0 Å². The summed E-state index contributed by atoms with van der Waals surface area (Å²) in [6.45, 7) is 0.182. The van der Waals surface area contributed by atoms with Crippen LogP contribution >= 0.6 is 0 Å². The summed E-state index contributed by atoms with van der Waals surface area (Å²) in [7, 11) is 4.75. The van der Waals surface area contributed by atoms with Gasteiger partial charge in [0.25, 0.3) is 0 Å². The van der Waals surface area contributed by atoms with Gasteiger partial charge < -0.3 is 20.2 Å². The lowest BCUT2D eigenvalue weighted by atomic mass is 10.2. The van der Waals surface area contributed by atoms with Crippen LogP contribution in [0.25, 0.3) is 0 Å². The Kier molecular flexibility index (Phi) is 5.65. The number of nitrogens with zero attached hydrogens (tertiary/aromatic N) is 3. The molecule has 0 unspecified atom stereocenters. The molecule has 1 aromatic rings. The summed E-state index contributed by atoms with van der Waals surface area (Å²) in [5.41, 5.74) is 0.611. The Morgan fingerprint density at radius 3 is 2.38 bits per heavy atom. The molecule has 0 bridgehead atoms. The molecule has 1 heterocycles. The van der Waals surface area contributed by atoms with E-state index in [-0.39, 0.29) is 24.7 Å². The number of carboxylic acids is 1. The molecule has 0 aliphatic heterocycles. The number of likely N-dealkylation sites (N-methyl/N-ethyl adjacent to an activating group) is 2. The number of carbonyl (C=O) groups is 3. The van der Waals surface area contributed by atoms with Gasteiger partial charge in [-0.05, 0) is 11.6 Å². The molecule has 0 fully saturated rings. The predicted molar refractivity (Wildman–Crippen MR) is 74.8 cm³/mol. The lowest BCUT2D eigenvalue weighted by Crippen LogP contribution is -2.42. The number of urea groups is 1. The molecule has 3 amide bonds. The van der Waals surface area contributed by atoms with Crippen molar-refractivity contribution in [2.75, 3.05) is 27.7 Å². The maximum absolute atomic E-state index is 11.8. The molecule has 0 aromatic carbocycles. The van der Waals surface area contributed by atoms with Crippen LogP contribution in [0.5, 0.6) is 0 Å². The van der Waals surface area contributed by atoms with Crippen LogP contribution in [-0.4, -0.2) is 65.5 Å². The van der Waals surface area contributed by atoms with Gasteiger partial charge >= 0.3 is 12.0 Å². The Labute approximate surface area is 122 Å². The van der Waals surface area contributed by atoms with E-state index < -0.39 is 12.0 Å². The summed E-state index contributed by atoms with van der Waals surface area (Å²) in [6, 6.07) is 2.54. The highest BCUT2D eigenvalue weighted by atomic mass is 16.4. The molecule has 0 aliphatic rings. The lowest BCUT2D eigenvalue weighted by Gasteiger charge is -2.19. The first-order chi connectivity index (χ1) is 9.81. The van der Waals surface area contributed by atoms with E-state index >= 15 is 0 Å². The average molecular weight is 294 g/mol. The van der Waals surface area contributed by atoms with Crippen molar-refractivity contribution in [3.63, 3.8) is 0 Å². The summed E-state index contributed by atoms with van der Waals surface area (Å²) in [5, 5.41) is 11.3. The SMILES string of the molecule is CN(C)C(=O)CN(C)C(=O)NCc1ccc(C(=O)O)nc1. The van der Waals surface area contributed by atoms with Crippen LogP contribution in [0.4, 0.5) is 4.79 Å². The summed E-state index contributed by atoms with van der Waals surface area (Å²) in [4.78, 5) is 40.3. The zero-order valence-corrected chi connectivity index (χ0v) is 12.2. The Morgan fingerprint density at radius 1 is 1.24 bits per heavy atom. The van der Waals surface area contributed by atoms with E-state index in [1.54, 1.807) is 20.2 Å². The Bertz CT molecular complexity index is 527. The van der Waals surface area contributed by atoms with Crippen LogP contribution in [0, 0.1) is 0 Å². The molecule has 0 aliphatic carbocycles. The molecule has 2 N–H and O–H groups in total. The zero-order valence-electron chi connectivity index (χ0n) is 12.2. The normalized spacial score (nSPS) is 9.86. The lowest BCUT2D eigenvalue weighted by molar-refractivity contribution is -0.129. The maximum Gasteiger partial charge on any atom is 0.354 e. The Morgan fingerprint density at radius 2 is 1.90 bits per heavy atom.